The van der Waals surface area contributed by atoms with Crippen molar-refractivity contribution in [3.63, 3.8) is 0 Å². The Labute approximate surface area is 114 Å². The van der Waals surface area contributed by atoms with Crippen LogP contribution in [0, 0.1) is 6.92 Å². The Morgan fingerprint density at radius 3 is 2.35 bits per heavy atom. The van der Waals surface area contributed by atoms with Crippen LogP contribution in [0.2, 0.25) is 0 Å². The minimum absolute atomic E-state index is 0.212. The van der Waals surface area contributed by atoms with E-state index in [4.69, 9.17) is 4.74 Å². The molecule has 6 heteroatoms. The number of esters is 1. The van der Waals surface area contributed by atoms with Crippen molar-refractivity contribution in [2.45, 2.75) is 22.9 Å². The first-order chi connectivity index (χ1) is 7.81. The predicted octanol–water partition coefficient (Wildman–Crippen LogP) is 2.09. The van der Waals surface area contributed by atoms with E-state index >= 15 is 0 Å². The van der Waals surface area contributed by atoms with Crippen molar-refractivity contribution in [3.05, 3.63) is 29.8 Å². The highest BCUT2D eigenvalue weighted by Gasteiger charge is 2.21. The molecule has 0 aromatic heterocycles. The lowest BCUT2D eigenvalue weighted by molar-refractivity contribution is -0.141. The van der Waals surface area contributed by atoms with Gasteiger partial charge < -0.3 is 4.74 Å². The summed E-state index contributed by atoms with van der Waals surface area (Å²) in [7, 11) is -3.41. The van der Waals surface area contributed by atoms with Crippen LogP contribution in [0.25, 0.3) is 0 Å². The first-order valence-electron chi connectivity index (χ1n) is 4.92. The van der Waals surface area contributed by atoms with Crippen molar-refractivity contribution in [2.75, 3.05) is 5.75 Å². The molecule has 0 heterocycles. The smallest absolute Gasteiger partial charge is 0.303 e. The topological polar surface area (TPSA) is 60.4 Å². The third-order valence-electron chi connectivity index (χ3n) is 2.02. The summed E-state index contributed by atoms with van der Waals surface area (Å²) in [5.74, 6) is -0.695. The Balaban J connectivity index is 2.82. The number of carbonyl (C=O) groups is 1. The largest absolute Gasteiger partial charge is 0.451 e. The van der Waals surface area contributed by atoms with Crippen molar-refractivity contribution in [1.82, 2.24) is 0 Å². The number of benzene rings is 1. The summed E-state index contributed by atoms with van der Waals surface area (Å²) < 4.78 is 28.0. The molecule has 0 aliphatic carbocycles. The maximum atomic E-state index is 11.9. The minimum atomic E-state index is -3.41. The van der Waals surface area contributed by atoms with E-state index in [2.05, 4.69) is 0 Å². The van der Waals surface area contributed by atoms with E-state index in [0.717, 1.165) is 5.56 Å². The monoisotopic (exact) mass is 368 g/mol. The molecule has 1 unspecified atom stereocenters. The number of alkyl halides is 1. The van der Waals surface area contributed by atoms with Crippen molar-refractivity contribution in [2.24, 2.45) is 0 Å². The molecule has 0 amide bonds. The number of halogens is 1. The highest BCUT2D eigenvalue weighted by molar-refractivity contribution is 14.1. The number of sulfone groups is 1. The van der Waals surface area contributed by atoms with Crippen LogP contribution in [0.5, 0.6) is 0 Å². The van der Waals surface area contributed by atoms with Crippen LogP contribution in [0.3, 0.4) is 0 Å². The van der Waals surface area contributed by atoms with Crippen molar-refractivity contribution in [1.29, 1.82) is 0 Å². The quantitative estimate of drug-likeness (QED) is 0.464. The molecule has 94 valence electrons. The van der Waals surface area contributed by atoms with Crippen LogP contribution in [0.1, 0.15) is 12.5 Å². The zero-order valence-electron chi connectivity index (χ0n) is 9.51. The second-order valence-electron chi connectivity index (χ2n) is 3.61. The molecule has 17 heavy (non-hydrogen) atoms. The summed E-state index contributed by atoms with van der Waals surface area (Å²) >= 11 is 1.79. The lowest BCUT2D eigenvalue weighted by Crippen LogP contribution is -2.20. The van der Waals surface area contributed by atoms with E-state index < -0.39 is 19.9 Å². The van der Waals surface area contributed by atoms with Gasteiger partial charge in [-0.3, -0.25) is 4.79 Å². The van der Waals surface area contributed by atoms with Gasteiger partial charge in [0.15, 0.2) is 13.9 Å². The van der Waals surface area contributed by atoms with E-state index in [1.54, 1.807) is 46.9 Å². The minimum Gasteiger partial charge on any atom is -0.451 e. The normalized spacial score (nSPS) is 13.1. The molecule has 0 saturated heterocycles. The third kappa shape index (κ3) is 4.63. The molecule has 0 N–H and O–H groups in total. The molecule has 0 fully saturated rings. The maximum Gasteiger partial charge on any atom is 0.303 e. The lowest BCUT2D eigenvalue weighted by atomic mass is 10.2. The van der Waals surface area contributed by atoms with Gasteiger partial charge in [-0.25, -0.2) is 8.42 Å². The van der Waals surface area contributed by atoms with Crippen LogP contribution in [-0.2, 0) is 19.4 Å². The average Bonchev–Trinajstić information content (AvgIpc) is 2.15. The van der Waals surface area contributed by atoms with Gasteiger partial charge in [0.25, 0.3) is 0 Å². The fourth-order valence-corrected chi connectivity index (χ4v) is 4.16. The molecule has 0 aliphatic rings. The number of hydrogen-bond acceptors (Lipinski definition) is 4. The van der Waals surface area contributed by atoms with Crippen LogP contribution < -0.4 is 0 Å². The zero-order chi connectivity index (χ0) is 13.1. The number of aryl methyl sites for hydroxylation is 1. The van der Waals surface area contributed by atoms with Gasteiger partial charge in [0.05, 0.1) is 4.90 Å². The molecule has 1 atom stereocenters. The van der Waals surface area contributed by atoms with Gasteiger partial charge >= 0.3 is 5.97 Å². The van der Waals surface area contributed by atoms with Crippen molar-refractivity contribution >= 4 is 38.4 Å². The Bertz CT molecular complexity index is 493. The molecule has 0 bridgehead atoms. The van der Waals surface area contributed by atoms with Gasteiger partial charge in [0, 0.05) is 6.92 Å². The highest BCUT2D eigenvalue weighted by Crippen LogP contribution is 2.16. The molecule has 1 rings (SSSR count). The van der Waals surface area contributed by atoms with E-state index in [1.165, 1.54) is 6.92 Å². The summed E-state index contributed by atoms with van der Waals surface area (Å²) in [6, 6.07) is 6.59. The maximum absolute atomic E-state index is 11.9. The molecule has 1 aromatic carbocycles. The van der Waals surface area contributed by atoms with E-state index in [0.29, 0.717) is 0 Å². The van der Waals surface area contributed by atoms with Gasteiger partial charge in [-0.1, -0.05) is 17.7 Å². The Kier molecular flexibility index (Phi) is 4.93. The fourth-order valence-electron chi connectivity index (χ4n) is 1.23. The van der Waals surface area contributed by atoms with E-state index in [1.807, 2.05) is 6.92 Å². The molecule has 0 spiro atoms. The van der Waals surface area contributed by atoms with Crippen LogP contribution in [0.4, 0.5) is 0 Å². The third-order valence-corrected chi connectivity index (χ3v) is 5.05. The summed E-state index contributed by atoms with van der Waals surface area (Å²) in [6.45, 7) is 3.14. The second kappa shape index (κ2) is 5.81. The number of rotatable bonds is 4. The second-order valence-corrected chi connectivity index (χ2v) is 7.04. The highest BCUT2D eigenvalue weighted by atomic mass is 127. The van der Waals surface area contributed by atoms with E-state index in [-0.39, 0.29) is 10.6 Å². The van der Waals surface area contributed by atoms with E-state index in [9.17, 15) is 13.2 Å². The summed E-state index contributed by atoms with van der Waals surface area (Å²) in [5.41, 5.74) is 0.995. The molecular formula is C11H13IO4S. The SMILES string of the molecule is CC(=O)OC(I)CS(=O)(=O)c1ccc(C)cc1. The first kappa shape index (κ1) is 14.4. The Hall–Kier alpha value is -0.630. The van der Waals surface area contributed by atoms with Gasteiger partial charge in [0.1, 0.15) is 5.75 Å². The van der Waals surface area contributed by atoms with Crippen molar-refractivity contribution < 1.29 is 17.9 Å². The predicted molar refractivity (Wildman–Crippen MR) is 72.8 cm³/mol. The molecule has 0 saturated carbocycles. The molecule has 0 radical (unpaired) electrons. The fraction of sp³-hybridized carbons (Fsp3) is 0.364. The molecular weight excluding hydrogens is 355 g/mol. The first-order valence-corrected chi connectivity index (χ1v) is 7.82. The molecule has 4 nitrogen and oxygen atoms in total. The number of carbonyl (C=O) groups excluding carboxylic acids is 1. The van der Waals surface area contributed by atoms with Gasteiger partial charge in [-0.15, -0.1) is 0 Å². The number of ether oxygens (including phenoxy) is 1. The summed E-state index contributed by atoms with van der Waals surface area (Å²) in [5, 5.41) is 0. The van der Waals surface area contributed by atoms with Gasteiger partial charge in [0.2, 0.25) is 0 Å². The zero-order valence-corrected chi connectivity index (χ0v) is 12.5. The standard InChI is InChI=1S/C11H13IO4S/c1-8-3-5-10(6-4-8)17(14,15)7-11(12)16-9(2)13/h3-6,11H,7H2,1-2H3. The molecule has 0 aliphatic heterocycles. The van der Waals surface area contributed by atoms with Crippen LogP contribution >= 0.6 is 22.6 Å². The molecule has 1 aromatic rings. The number of hydrogen-bond donors (Lipinski definition) is 0. The van der Waals surface area contributed by atoms with Gasteiger partial charge in [-0.2, -0.15) is 0 Å². The van der Waals surface area contributed by atoms with Crippen LogP contribution in [0.15, 0.2) is 29.2 Å². The summed E-state index contributed by atoms with van der Waals surface area (Å²) in [6.07, 6.45) is 0. The lowest BCUT2D eigenvalue weighted by Gasteiger charge is -2.10. The van der Waals surface area contributed by atoms with Crippen LogP contribution in [-0.4, -0.2) is 24.3 Å². The Morgan fingerprint density at radius 2 is 1.88 bits per heavy atom. The Morgan fingerprint density at radius 1 is 1.35 bits per heavy atom. The average molecular weight is 368 g/mol. The van der Waals surface area contributed by atoms with Gasteiger partial charge in [-0.05, 0) is 41.6 Å². The summed E-state index contributed by atoms with van der Waals surface area (Å²) in [4.78, 5) is 10.9. The van der Waals surface area contributed by atoms with Crippen molar-refractivity contribution in [3.8, 4) is 0 Å².